The van der Waals surface area contributed by atoms with Gasteiger partial charge in [0.25, 0.3) is 0 Å². The van der Waals surface area contributed by atoms with Crippen molar-refractivity contribution in [3.8, 4) is 0 Å². The van der Waals surface area contributed by atoms with Crippen molar-refractivity contribution in [1.29, 1.82) is 0 Å². The Morgan fingerprint density at radius 3 is 1.15 bits per heavy atom. The third-order valence-corrected chi connectivity index (χ3v) is 13.9. The van der Waals surface area contributed by atoms with E-state index in [1.807, 2.05) is 21.1 Å². The van der Waals surface area contributed by atoms with E-state index in [0.29, 0.717) is 17.4 Å². The van der Waals surface area contributed by atoms with Crippen LogP contribution < -0.4 is 0 Å². The van der Waals surface area contributed by atoms with Crippen LogP contribution in [0.1, 0.15) is 258 Å². The first-order valence-corrected chi connectivity index (χ1v) is 31.8. The van der Waals surface area contributed by atoms with E-state index in [9.17, 15) is 19.0 Å². The fourth-order valence-corrected chi connectivity index (χ4v) is 9.03. The van der Waals surface area contributed by atoms with E-state index in [1.165, 1.54) is 141 Å². The first-order chi connectivity index (χ1) is 36.0. The highest BCUT2D eigenvalue weighted by Crippen LogP contribution is 2.43. The van der Waals surface area contributed by atoms with E-state index in [4.69, 9.17) is 18.5 Å². The molecule has 10 heteroatoms. The Balaban J connectivity index is 4.21. The Labute approximate surface area is 456 Å². The topological polar surface area (TPSA) is 108 Å². The molecule has 0 aliphatic rings. The lowest BCUT2D eigenvalue weighted by atomic mass is 10.0. The monoisotopic (exact) mass is 1060 g/mol. The molecule has 1 N–H and O–H groups in total. The minimum atomic E-state index is -4.40. The number of phosphoric acid groups is 1. The number of esters is 2. The molecule has 0 aromatic carbocycles. The molecule has 2 unspecified atom stereocenters. The number of phosphoric ester groups is 1. The summed E-state index contributed by atoms with van der Waals surface area (Å²) in [5.74, 6) is -0.831. The number of hydrogen-bond donors (Lipinski definition) is 1. The van der Waals surface area contributed by atoms with E-state index in [-0.39, 0.29) is 32.0 Å². The van der Waals surface area contributed by atoms with Gasteiger partial charge in [0.05, 0.1) is 27.7 Å². The van der Waals surface area contributed by atoms with Gasteiger partial charge < -0.3 is 18.9 Å². The molecule has 0 radical (unpaired) electrons. The molecule has 0 aliphatic carbocycles. The Bertz CT molecular complexity index is 1520. The third-order valence-electron chi connectivity index (χ3n) is 12.9. The van der Waals surface area contributed by atoms with Crippen molar-refractivity contribution in [3.63, 3.8) is 0 Å². The molecule has 2 atom stereocenters. The minimum Gasteiger partial charge on any atom is -0.462 e. The Morgan fingerprint density at radius 2 is 0.770 bits per heavy atom. The predicted octanol–water partition coefficient (Wildman–Crippen LogP) is 19.0. The highest BCUT2D eigenvalue weighted by molar-refractivity contribution is 7.47. The largest absolute Gasteiger partial charge is 0.472 e. The Morgan fingerprint density at radius 1 is 0.432 bits per heavy atom. The number of likely N-dealkylation sites (N-methyl/N-ethyl adjacent to an activating group) is 1. The number of unbranched alkanes of at least 4 members (excludes halogenated alkanes) is 27. The second-order valence-corrected chi connectivity index (χ2v) is 22.8. The smallest absolute Gasteiger partial charge is 0.462 e. The van der Waals surface area contributed by atoms with E-state index in [2.05, 4.69) is 98.9 Å². The summed E-state index contributed by atoms with van der Waals surface area (Å²) in [6.07, 6.45) is 73.8. The second kappa shape index (κ2) is 55.0. The molecule has 0 heterocycles. The zero-order valence-corrected chi connectivity index (χ0v) is 49.5. The maximum absolute atomic E-state index is 12.8. The number of nitrogens with zero attached hydrogens (tertiary/aromatic N) is 1. The molecule has 0 amide bonds. The number of hydrogen-bond acceptors (Lipinski definition) is 7. The summed E-state index contributed by atoms with van der Waals surface area (Å²) in [5.41, 5.74) is 0. The summed E-state index contributed by atoms with van der Waals surface area (Å²) in [7, 11) is 1.45. The maximum atomic E-state index is 12.8. The van der Waals surface area contributed by atoms with E-state index in [1.54, 1.807) is 0 Å². The van der Waals surface area contributed by atoms with Gasteiger partial charge in [0.2, 0.25) is 0 Å². The van der Waals surface area contributed by atoms with Gasteiger partial charge in [-0.25, -0.2) is 4.57 Å². The fourth-order valence-electron chi connectivity index (χ4n) is 8.29. The molecule has 0 aromatic rings. The van der Waals surface area contributed by atoms with E-state index < -0.39 is 26.5 Å². The zero-order valence-electron chi connectivity index (χ0n) is 48.6. The van der Waals surface area contributed by atoms with Crippen molar-refractivity contribution >= 4 is 19.8 Å². The van der Waals surface area contributed by atoms with Gasteiger partial charge in [0.1, 0.15) is 19.8 Å². The van der Waals surface area contributed by atoms with Gasteiger partial charge in [-0.05, 0) is 70.6 Å². The van der Waals surface area contributed by atoms with Crippen LogP contribution in [-0.4, -0.2) is 74.9 Å². The van der Waals surface area contributed by atoms with Crippen LogP contribution in [0.15, 0.2) is 85.1 Å². The van der Waals surface area contributed by atoms with E-state index in [0.717, 1.165) is 83.5 Å². The third kappa shape index (κ3) is 58.5. The number of carbonyl (C=O) groups is 2. The van der Waals surface area contributed by atoms with Crippen molar-refractivity contribution in [2.75, 3.05) is 47.5 Å². The zero-order chi connectivity index (χ0) is 54.2. The molecule has 0 rings (SSSR count). The SMILES string of the molecule is CC/C=C\C/C=C\C/C=C\C/C=C\C/C=C\C/C=C\C/C=C\CCCCCC(=O)OC(COC(=O)CCCCCCCCCCCCCCCCCCCCCCCCCCC)COP(=O)(O)OCC[N+](C)(C)C. The summed E-state index contributed by atoms with van der Waals surface area (Å²) in [6, 6.07) is 0. The lowest BCUT2D eigenvalue weighted by Crippen LogP contribution is -2.37. The van der Waals surface area contributed by atoms with Crippen LogP contribution in [0, 0.1) is 0 Å². The van der Waals surface area contributed by atoms with Crippen molar-refractivity contribution in [2.45, 2.75) is 264 Å². The number of ether oxygens (including phenoxy) is 2. The standard InChI is InChI=1S/C64H114NO8P/c1-6-8-10-12-14-16-18-20-22-24-26-28-30-32-34-36-38-40-42-44-46-48-50-52-54-56-63(66)70-60-62(61-72-74(68,69)71-59-58-65(3,4)5)73-64(67)57-55-53-51-49-47-45-43-41-39-37-35-33-31-29-27-25-23-21-19-17-15-13-11-9-7-2/h9,11,15,17,21,23,27,29,33,35,39,41,45,47,62H,6-8,10,12-14,16,18-20,22,24-26,28,30-32,34,36-38,40,42-44,46,48-61H2,1-5H3/p+1/b11-9-,17-15-,23-21-,29-27-,35-33-,41-39-,47-45-. The summed E-state index contributed by atoms with van der Waals surface area (Å²) in [5, 5.41) is 0. The molecule has 0 aliphatic heterocycles. The molecular formula is C64H115NO8P+. The number of rotatable bonds is 55. The average Bonchev–Trinajstić information content (AvgIpc) is 3.36. The van der Waals surface area contributed by atoms with Crippen molar-refractivity contribution < 1.29 is 42.1 Å². The molecular weight excluding hydrogens is 942 g/mol. The molecule has 0 saturated carbocycles. The van der Waals surface area contributed by atoms with Crippen LogP contribution in [0.4, 0.5) is 0 Å². The number of quaternary nitrogens is 1. The summed E-state index contributed by atoms with van der Waals surface area (Å²) in [4.78, 5) is 35.7. The molecule has 74 heavy (non-hydrogen) atoms. The van der Waals surface area contributed by atoms with Crippen LogP contribution in [0.2, 0.25) is 0 Å². The van der Waals surface area contributed by atoms with Crippen LogP contribution in [-0.2, 0) is 32.7 Å². The van der Waals surface area contributed by atoms with Gasteiger partial charge in [-0.1, -0.05) is 259 Å². The Kier molecular flexibility index (Phi) is 52.9. The van der Waals surface area contributed by atoms with Crippen LogP contribution in [0.25, 0.3) is 0 Å². The molecule has 0 bridgehead atoms. The normalized spacial score (nSPS) is 13.9. The van der Waals surface area contributed by atoms with Crippen LogP contribution in [0.5, 0.6) is 0 Å². The first-order valence-electron chi connectivity index (χ1n) is 30.3. The summed E-state index contributed by atoms with van der Waals surface area (Å²) < 4.78 is 34.6. The first kappa shape index (κ1) is 71.2. The highest BCUT2D eigenvalue weighted by atomic mass is 31.2. The molecule has 9 nitrogen and oxygen atoms in total. The van der Waals surface area contributed by atoms with E-state index >= 15 is 0 Å². The van der Waals surface area contributed by atoms with Crippen molar-refractivity contribution in [2.24, 2.45) is 0 Å². The van der Waals surface area contributed by atoms with Gasteiger partial charge in [-0.3, -0.25) is 18.6 Å². The fraction of sp³-hybridized carbons (Fsp3) is 0.750. The quantitative estimate of drug-likeness (QED) is 0.0211. The molecule has 0 fully saturated rings. The van der Waals surface area contributed by atoms with Crippen molar-refractivity contribution in [3.05, 3.63) is 85.1 Å². The summed E-state index contributed by atoms with van der Waals surface area (Å²) in [6.45, 7) is 4.30. The van der Waals surface area contributed by atoms with Gasteiger partial charge in [0.15, 0.2) is 6.10 Å². The van der Waals surface area contributed by atoms with Gasteiger partial charge >= 0.3 is 19.8 Å². The van der Waals surface area contributed by atoms with Crippen LogP contribution >= 0.6 is 7.82 Å². The molecule has 0 spiro atoms. The molecule has 428 valence electrons. The maximum Gasteiger partial charge on any atom is 0.472 e. The predicted molar refractivity (Wildman–Crippen MR) is 316 cm³/mol. The molecule has 0 saturated heterocycles. The van der Waals surface area contributed by atoms with Gasteiger partial charge in [-0.15, -0.1) is 0 Å². The van der Waals surface area contributed by atoms with Gasteiger partial charge in [-0.2, -0.15) is 0 Å². The minimum absolute atomic E-state index is 0.0219. The second-order valence-electron chi connectivity index (χ2n) is 21.4. The molecule has 0 aromatic heterocycles. The summed E-state index contributed by atoms with van der Waals surface area (Å²) >= 11 is 0. The highest BCUT2D eigenvalue weighted by Gasteiger charge is 2.27. The Hall–Kier alpha value is -2.81. The number of carbonyl (C=O) groups excluding carboxylic acids is 2. The number of allylic oxidation sites excluding steroid dienone is 14. The average molecular weight is 1060 g/mol. The van der Waals surface area contributed by atoms with Crippen molar-refractivity contribution in [1.82, 2.24) is 0 Å². The van der Waals surface area contributed by atoms with Gasteiger partial charge in [0, 0.05) is 12.8 Å². The lowest BCUT2D eigenvalue weighted by Gasteiger charge is -2.24. The lowest BCUT2D eigenvalue weighted by molar-refractivity contribution is -0.870. The van der Waals surface area contributed by atoms with Crippen LogP contribution in [0.3, 0.4) is 0 Å².